The number of aromatic nitrogens is 3. The molecule has 0 saturated carbocycles. The third-order valence-corrected chi connectivity index (χ3v) is 5.36. The maximum atomic E-state index is 9.38. The Kier molecular flexibility index (Phi) is 5.70. The van der Waals surface area contributed by atoms with Gasteiger partial charge in [0.1, 0.15) is 6.61 Å². The molecule has 1 saturated heterocycles. The molecule has 5 nitrogen and oxygen atoms in total. The average Bonchev–Trinajstić information content (AvgIpc) is 3.17. The molecule has 1 unspecified atom stereocenters. The second-order valence-corrected chi connectivity index (χ2v) is 7.23. The highest BCUT2D eigenvalue weighted by Crippen LogP contribution is 2.30. The Balaban J connectivity index is 1.59. The summed E-state index contributed by atoms with van der Waals surface area (Å²) in [6.45, 7) is 6.17. The van der Waals surface area contributed by atoms with E-state index in [1.807, 2.05) is 0 Å². The van der Waals surface area contributed by atoms with Crippen molar-refractivity contribution in [3.63, 3.8) is 0 Å². The van der Waals surface area contributed by atoms with Gasteiger partial charge < -0.3 is 9.67 Å². The highest BCUT2D eigenvalue weighted by atomic mass is 32.2. The lowest BCUT2D eigenvalue weighted by atomic mass is 10.2. The van der Waals surface area contributed by atoms with E-state index >= 15 is 0 Å². The fraction of sp³-hybridized carbons (Fsp3) is 0.529. The Hall–Kier alpha value is -1.37. The van der Waals surface area contributed by atoms with Crippen molar-refractivity contribution >= 4 is 11.8 Å². The molecule has 1 fully saturated rings. The normalized spacial score (nSPS) is 18.6. The Morgan fingerprint density at radius 1 is 1.26 bits per heavy atom. The van der Waals surface area contributed by atoms with Crippen molar-refractivity contribution in [3.05, 3.63) is 41.7 Å². The van der Waals surface area contributed by atoms with Crippen LogP contribution in [-0.2, 0) is 19.7 Å². The first kappa shape index (κ1) is 16.5. The first-order chi connectivity index (χ1) is 11.3. The summed E-state index contributed by atoms with van der Waals surface area (Å²) < 4.78 is 2.06. The molecule has 2 aromatic rings. The van der Waals surface area contributed by atoms with Gasteiger partial charge in [0.15, 0.2) is 11.0 Å². The zero-order valence-corrected chi connectivity index (χ0v) is 14.4. The van der Waals surface area contributed by atoms with Crippen LogP contribution in [0.25, 0.3) is 0 Å². The molecule has 0 spiro atoms. The molecule has 0 amide bonds. The predicted molar refractivity (Wildman–Crippen MR) is 92.2 cm³/mol. The maximum Gasteiger partial charge on any atom is 0.191 e. The van der Waals surface area contributed by atoms with Gasteiger partial charge in [-0.25, -0.2) is 0 Å². The van der Waals surface area contributed by atoms with E-state index in [9.17, 15) is 5.11 Å². The Labute approximate surface area is 141 Å². The van der Waals surface area contributed by atoms with E-state index in [4.69, 9.17) is 0 Å². The molecule has 1 aliphatic rings. The molecule has 1 aromatic heterocycles. The molecule has 6 heteroatoms. The summed E-state index contributed by atoms with van der Waals surface area (Å²) >= 11 is 1.80. The predicted octanol–water partition coefficient (Wildman–Crippen LogP) is 2.55. The SMILES string of the molecule is CCCn1c(CO)nnc1SC1CCN(Cc2ccccc2)C1. The van der Waals surface area contributed by atoms with E-state index in [1.165, 1.54) is 12.0 Å². The van der Waals surface area contributed by atoms with Gasteiger partial charge in [-0.15, -0.1) is 10.2 Å². The molecule has 2 heterocycles. The highest BCUT2D eigenvalue weighted by molar-refractivity contribution is 7.99. The zero-order chi connectivity index (χ0) is 16.1. The van der Waals surface area contributed by atoms with E-state index in [0.29, 0.717) is 11.1 Å². The molecule has 0 radical (unpaired) electrons. The van der Waals surface area contributed by atoms with Crippen molar-refractivity contribution in [3.8, 4) is 0 Å². The summed E-state index contributed by atoms with van der Waals surface area (Å²) in [5.41, 5.74) is 1.37. The number of aliphatic hydroxyl groups excluding tert-OH is 1. The number of hydrogen-bond donors (Lipinski definition) is 1. The van der Waals surface area contributed by atoms with E-state index in [1.54, 1.807) is 11.8 Å². The lowest BCUT2D eigenvalue weighted by Crippen LogP contribution is -2.20. The van der Waals surface area contributed by atoms with Crippen LogP contribution in [0.15, 0.2) is 35.5 Å². The molecule has 124 valence electrons. The van der Waals surface area contributed by atoms with Crippen LogP contribution < -0.4 is 0 Å². The number of thioether (sulfide) groups is 1. The number of nitrogens with zero attached hydrogens (tertiary/aromatic N) is 4. The van der Waals surface area contributed by atoms with Crippen molar-refractivity contribution in [1.29, 1.82) is 0 Å². The minimum Gasteiger partial charge on any atom is -0.388 e. The quantitative estimate of drug-likeness (QED) is 0.844. The topological polar surface area (TPSA) is 54.2 Å². The van der Waals surface area contributed by atoms with Crippen molar-refractivity contribution in [2.75, 3.05) is 13.1 Å². The van der Waals surface area contributed by atoms with Gasteiger partial charge in [0, 0.05) is 24.9 Å². The number of benzene rings is 1. The zero-order valence-electron chi connectivity index (χ0n) is 13.6. The van der Waals surface area contributed by atoms with Gasteiger partial charge in [-0.3, -0.25) is 4.90 Å². The average molecular weight is 332 g/mol. The van der Waals surface area contributed by atoms with E-state index in [-0.39, 0.29) is 6.61 Å². The summed E-state index contributed by atoms with van der Waals surface area (Å²) in [6.07, 6.45) is 2.19. The molecule has 23 heavy (non-hydrogen) atoms. The van der Waals surface area contributed by atoms with E-state index in [0.717, 1.165) is 37.8 Å². The summed E-state index contributed by atoms with van der Waals surface area (Å²) in [5.74, 6) is 0.675. The highest BCUT2D eigenvalue weighted by Gasteiger charge is 2.25. The van der Waals surface area contributed by atoms with E-state index < -0.39 is 0 Å². The minimum atomic E-state index is -0.0433. The van der Waals surface area contributed by atoms with Crippen LogP contribution in [0, 0.1) is 0 Å². The number of rotatable bonds is 7. The molecule has 1 atom stereocenters. The third-order valence-electron chi connectivity index (χ3n) is 4.13. The first-order valence-corrected chi connectivity index (χ1v) is 9.14. The van der Waals surface area contributed by atoms with Crippen molar-refractivity contribution < 1.29 is 5.11 Å². The largest absolute Gasteiger partial charge is 0.388 e. The molecule has 0 aliphatic carbocycles. The number of aliphatic hydroxyl groups is 1. The monoisotopic (exact) mass is 332 g/mol. The van der Waals surface area contributed by atoms with Crippen LogP contribution >= 0.6 is 11.8 Å². The molecule has 0 bridgehead atoms. The van der Waals surface area contributed by atoms with Gasteiger partial charge in [-0.1, -0.05) is 49.0 Å². The van der Waals surface area contributed by atoms with Crippen LogP contribution in [0.5, 0.6) is 0 Å². The van der Waals surface area contributed by atoms with Gasteiger partial charge in [0.25, 0.3) is 0 Å². The smallest absolute Gasteiger partial charge is 0.191 e. The molecule has 1 aliphatic heterocycles. The summed E-state index contributed by atoms with van der Waals surface area (Å²) in [4.78, 5) is 2.50. The lowest BCUT2D eigenvalue weighted by Gasteiger charge is -2.16. The number of likely N-dealkylation sites (tertiary alicyclic amines) is 1. The second-order valence-electron chi connectivity index (χ2n) is 5.96. The number of hydrogen-bond acceptors (Lipinski definition) is 5. The van der Waals surface area contributed by atoms with Gasteiger partial charge in [0.2, 0.25) is 0 Å². The Morgan fingerprint density at radius 2 is 2.09 bits per heavy atom. The van der Waals surface area contributed by atoms with Gasteiger partial charge in [0.05, 0.1) is 0 Å². The molecule has 1 aromatic carbocycles. The fourth-order valence-electron chi connectivity index (χ4n) is 3.00. The molecule has 1 N–H and O–H groups in total. The Bertz CT molecular complexity index is 616. The molecule has 3 rings (SSSR count). The van der Waals surface area contributed by atoms with Crippen LogP contribution in [0.4, 0.5) is 0 Å². The fourth-order valence-corrected chi connectivity index (χ4v) is 4.22. The third kappa shape index (κ3) is 4.13. The minimum absolute atomic E-state index is 0.0433. The van der Waals surface area contributed by atoms with Gasteiger partial charge >= 0.3 is 0 Å². The van der Waals surface area contributed by atoms with Crippen molar-refractivity contribution in [1.82, 2.24) is 19.7 Å². The lowest BCUT2D eigenvalue weighted by molar-refractivity contribution is 0.263. The van der Waals surface area contributed by atoms with Gasteiger partial charge in [-0.05, 0) is 24.9 Å². The van der Waals surface area contributed by atoms with Crippen LogP contribution in [0.1, 0.15) is 31.2 Å². The first-order valence-electron chi connectivity index (χ1n) is 8.26. The summed E-state index contributed by atoms with van der Waals surface area (Å²) in [5, 5.41) is 19.3. The van der Waals surface area contributed by atoms with Crippen LogP contribution in [-0.4, -0.2) is 43.1 Å². The Morgan fingerprint density at radius 3 is 2.83 bits per heavy atom. The van der Waals surface area contributed by atoms with Crippen LogP contribution in [0.2, 0.25) is 0 Å². The maximum absolute atomic E-state index is 9.38. The molecular weight excluding hydrogens is 308 g/mol. The van der Waals surface area contributed by atoms with Crippen LogP contribution in [0.3, 0.4) is 0 Å². The van der Waals surface area contributed by atoms with Crippen molar-refractivity contribution in [2.24, 2.45) is 0 Å². The summed E-state index contributed by atoms with van der Waals surface area (Å²) in [6, 6.07) is 10.6. The standard InChI is InChI=1S/C17H24N4OS/c1-2-9-21-16(13-22)18-19-17(21)23-15-8-10-20(12-15)11-14-6-4-3-5-7-14/h3-7,15,22H,2,8-13H2,1H3. The summed E-state index contributed by atoms with van der Waals surface area (Å²) in [7, 11) is 0. The van der Waals surface area contributed by atoms with Gasteiger partial charge in [-0.2, -0.15) is 0 Å². The molecular formula is C17H24N4OS. The van der Waals surface area contributed by atoms with Crippen molar-refractivity contribution in [2.45, 2.75) is 49.9 Å². The second kappa shape index (κ2) is 7.95. The van der Waals surface area contributed by atoms with E-state index in [2.05, 4.69) is 56.9 Å².